The Balaban J connectivity index is 1.70. The summed E-state index contributed by atoms with van der Waals surface area (Å²) >= 11 is 0. The van der Waals surface area contributed by atoms with Gasteiger partial charge in [0.2, 0.25) is 0 Å². The van der Waals surface area contributed by atoms with Crippen LogP contribution in [0.4, 0.5) is 0 Å². The number of aryl methyl sites for hydroxylation is 2. The Hall–Kier alpha value is -2.66. The van der Waals surface area contributed by atoms with Gasteiger partial charge in [0.05, 0.1) is 29.5 Å². The Kier molecular flexibility index (Phi) is 4.86. The van der Waals surface area contributed by atoms with Crippen molar-refractivity contribution in [3.05, 3.63) is 59.4 Å². The van der Waals surface area contributed by atoms with Crippen LogP contribution in [-0.2, 0) is 6.54 Å². The highest BCUT2D eigenvalue weighted by Gasteiger charge is 2.13. The molecule has 0 spiro atoms. The van der Waals surface area contributed by atoms with Crippen LogP contribution in [0, 0.1) is 13.8 Å². The Morgan fingerprint density at radius 1 is 1.24 bits per heavy atom. The number of aliphatic hydroxyl groups is 1. The van der Waals surface area contributed by atoms with E-state index in [4.69, 9.17) is 4.74 Å². The number of rotatable bonds is 6. The number of carbonyl (C=O) groups is 1. The molecule has 1 heterocycles. The van der Waals surface area contributed by atoms with E-state index in [1.807, 2.05) is 16.7 Å². The second kappa shape index (κ2) is 7.07. The predicted octanol–water partition coefficient (Wildman–Crippen LogP) is 3.30. The minimum atomic E-state index is -0.709. The lowest BCUT2D eigenvalue weighted by Gasteiger charge is -2.15. The number of ketones is 1. The molecule has 1 N–H and O–H groups in total. The number of hydrogen-bond acceptors (Lipinski definition) is 4. The van der Waals surface area contributed by atoms with Crippen molar-refractivity contribution in [2.45, 2.75) is 33.4 Å². The largest absolute Gasteiger partial charge is 0.490 e. The minimum absolute atomic E-state index is 0.0588. The zero-order valence-electron chi connectivity index (χ0n) is 14.7. The Morgan fingerprint density at radius 2 is 1.96 bits per heavy atom. The highest BCUT2D eigenvalue weighted by Crippen LogP contribution is 2.20. The van der Waals surface area contributed by atoms with Gasteiger partial charge in [-0.15, -0.1) is 0 Å². The van der Waals surface area contributed by atoms with Crippen LogP contribution in [0.15, 0.2) is 42.7 Å². The minimum Gasteiger partial charge on any atom is -0.490 e. The zero-order chi connectivity index (χ0) is 18.0. The third kappa shape index (κ3) is 3.72. The molecule has 2 aromatic carbocycles. The summed E-state index contributed by atoms with van der Waals surface area (Å²) in [5.74, 6) is 0.438. The number of nitrogens with zero attached hydrogens (tertiary/aromatic N) is 2. The van der Waals surface area contributed by atoms with Crippen molar-refractivity contribution in [2.24, 2.45) is 0 Å². The molecular formula is C20H22N2O3. The molecule has 0 saturated heterocycles. The molecule has 0 bridgehead atoms. The van der Waals surface area contributed by atoms with Gasteiger partial charge in [0.25, 0.3) is 0 Å². The SMILES string of the molecule is CC(=O)c1ccccc1OC[C@@H](O)Cn1cnc2cc(C)c(C)cc21. The van der Waals surface area contributed by atoms with Crippen molar-refractivity contribution in [2.75, 3.05) is 6.61 Å². The van der Waals surface area contributed by atoms with Crippen LogP contribution >= 0.6 is 0 Å². The number of aromatic nitrogens is 2. The number of aliphatic hydroxyl groups excluding tert-OH is 1. The van der Waals surface area contributed by atoms with Gasteiger partial charge >= 0.3 is 0 Å². The molecule has 0 aliphatic heterocycles. The summed E-state index contributed by atoms with van der Waals surface area (Å²) in [6.45, 7) is 6.10. The summed E-state index contributed by atoms with van der Waals surface area (Å²) in [5, 5.41) is 10.3. The fourth-order valence-electron chi connectivity index (χ4n) is 2.81. The maximum Gasteiger partial charge on any atom is 0.163 e. The van der Waals surface area contributed by atoms with Gasteiger partial charge in [-0.25, -0.2) is 4.98 Å². The Morgan fingerprint density at radius 3 is 2.72 bits per heavy atom. The average Bonchev–Trinajstić information content (AvgIpc) is 2.95. The molecule has 1 atom stereocenters. The van der Waals surface area contributed by atoms with E-state index >= 15 is 0 Å². The number of fused-ring (bicyclic) bond motifs is 1. The fraction of sp³-hybridized carbons (Fsp3) is 0.300. The van der Waals surface area contributed by atoms with E-state index in [0.29, 0.717) is 17.9 Å². The van der Waals surface area contributed by atoms with Crippen LogP contribution in [0.2, 0.25) is 0 Å². The fourth-order valence-corrected chi connectivity index (χ4v) is 2.81. The van der Waals surface area contributed by atoms with E-state index in [1.54, 1.807) is 24.5 Å². The van der Waals surface area contributed by atoms with Crippen LogP contribution in [0.25, 0.3) is 11.0 Å². The molecule has 0 aliphatic carbocycles. The van der Waals surface area contributed by atoms with Gasteiger partial charge in [-0.3, -0.25) is 4.79 Å². The van der Waals surface area contributed by atoms with E-state index in [1.165, 1.54) is 18.1 Å². The number of imidazole rings is 1. The van der Waals surface area contributed by atoms with Crippen molar-refractivity contribution in [3.8, 4) is 5.75 Å². The Labute approximate surface area is 146 Å². The lowest BCUT2D eigenvalue weighted by Crippen LogP contribution is -2.23. The summed E-state index contributed by atoms with van der Waals surface area (Å²) in [6, 6.07) is 11.2. The molecular weight excluding hydrogens is 316 g/mol. The van der Waals surface area contributed by atoms with Crippen molar-refractivity contribution >= 4 is 16.8 Å². The van der Waals surface area contributed by atoms with Gasteiger partial charge in [0, 0.05) is 0 Å². The zero-order valence-corrected chi connectivity index (χ0v) is 14.7. The highest BCUT2D eigenvalue weighted by atomic mass is 16.5. The van der Waals surface area contributed by atoms with Crippen molar-refractivity contribution in [1.82, 2.24) is 9.55 Å². The van der Waals surface area contributed by atoms with Crippen molar-refractivity contribution < 1.29 is 14.6 Å². The lowest BCUT2D eigenvalue weighted by molar-refractivity contribution is 0.0904. The number of ether oxygens (including phenoxy) is 1. The summed E-state index contributed by atoms with van der Waals surface area (Å²) in [4.78, 5) is 16.0. The predicted molar refractivity (Wildman–Crippen MR) is 97.2 cm³/mol. The molecule has 130 valence electrons. The number of para-hydroxylation sites is 1. The van der Waals surface area contributed by atoms with Crippen molar-refractivity contribution in [3.63, 3.8) is 0 Å². The van der Waals surface area contributed by atoms with Crippen LogP contribution in [-0.4, -0.2) is 33.2 Å². The third-order valence-corrected chi connectivity index (χ3v) is 4.34. The monoisotopic (exact) mass is 338 g/mol. The van der Waals surface area contributed by atoms with Crippen LogP contribution in [0.3, 0.4) is 0 Å². The first kappa shape index (κ1) is 17.2. The summed E-state index contributed by atoms with van der Waals surface area (Å²) < 4.78 is 7.58. The van der Waals surface area contributed by atoms with Gasteiger partial charge in [-0.05, 0) is 56.2 Å². The topological polar surface area (TPSA) is 64.3 Å². The maximum atomic E-state index is 11.6. The second-order valence-electron chi connectivity index (χ2n) is 6.34. The molecule has 0 radical (unpaired) electrons. The first-order valence-electron chi connectivity index (χ1n) is 8.28. The summed E-state index contributed by atoms with van der Waals surface area (Å²) in [6.07, 6.45) is 1.02. The lowest BCUT2D eigenvalue weighted by atomic mass is 10.1. The third-order valence-electron chi connectivity index (χ3n) is 4.34. The number of hydrogen-bond donors (Lipinski definition) is 1. The maximum absolute atomic E-state index is 11.6. The number of Topliss-reactive ketones (excluding diaryl/α,β-unsaturated/α-hetero) is 1. The number of benzene rings is 2. The molecule has 3 aromatic rings. The quantitative estimate of drug-likeness (QED) is 0.701. The molecule has 1 aromatic heterocycles. The van der Waals surface area contributed by atoms with E-state index in [9.17, 15) is 9.90 Å². The van der Waals surface area contributed by atoms with Gasteiger partial charge in [-0.2, -0.15) is 0 Å². The molecule has 3 rings (SSSR count). The normalized spacial score (nSPS) is 12.3. The van der Waals surface area contributed by atoms with Crippen LogP contribution in [0.5, 0.6) is 5.75 Å². The molecule has 5 heteroatoms. The van der Waals surface area contributed by atoms with E-state index in [2.05, 4.69) is 24.9 Å². The number of carbonyl (C=O) groups excluding carboxylic acids is 1. The van der Waals surface area contributed by atoms with E-state index < -0.39 is 6.10 Å². The van der Waals surface area contributed by atoms with Crippen LogP contribution < -0.4 is 4.74 Å². The molecule has 0 saturated carbocycles. The van der Waals surface area contributed by atoms with Gasteiger partial charge < -0.3 is 14.4 Å². The van der Waals surface area contributed by atoms with Gasteiger partial charge in [-0.1, -0.05) is 12.1 Å². The smallest absolute Gasteiger partial charge is 0.163 e. The van der Waals surface area contributed by atoms with Gasteiger partial charge in [0.15, 0.2) is 5.78 Å². The molecule has 0 fully saturated rings. The van der Waals surface area contributed by atoms with E-state index in [-0.39, 0.29) is 12.4 Å². The van der Waals surface area contributed by atoms with E-state index in [0.717, 1.165) is 11.0 Å². The molecule has 0 unspecified atom stereocenters. The van der Waals surface area contributed by atoms with Gasteiger partial charge in [0.1, 0.15) is 18.5 Å². The standard InChI is InChI=1S/C20H22N2O3/c1-13-8-18-19(9-14(13)2)22(12-21-18)10-16(24)11-25-20-7-5-4-6-17(20)15(3)23/h4-9,12,16,24H,10-11H2,1-3H3/t16-/m0/s1. The summed E-state index contributed by atoms with van der Waals surface area (Å²) in [5.41, 5.74) is 4.82. The first-order chi connectivity index (χ1) is 12.0. The molecule has 0 amide bonds. The molecule has 5 nitrogen and oxygen atoms in total. The first-order valence-corrected chi connectivity index (χ1v) is 8.28. The molecule has 25 heavy (non-hydrogen) atoms. The molecule has 0 aliphatic rings. The second-order valence-corrected chi connectivity index (χ2v) is 6.34. The highest BCUT2D eigenvalue weighted by molar-refractivity contribution is 5.96. The average molecular weight is 338 g/mol. The summed E-state index contributed by atoms with van der Waals surface area (Å²) in [7, 11) is 0. The Bertz CT molecular complexity index is 914. The van der Waals surface area contributed by atoms with Crippen LogP contribution in [0.1, 0.15) is 28.4 Å². The van der Waals surface area contributed by atoms with Crippen molar-refractivity contribution in [1.29, 1.82) is 0 Å².